The molecule has 8 nitrogen and oxygen atoms in total. The third kappa shape index (κ3) is 4.13. The van der Waals surface area contributed by atoms with Crippen LogP contribution in [0.25, 0.3) is 0 Å². The molecule has 0 aromatic rings. The van der Waals surface area contributed by atoms with Gasteiger partial charge in [-0.2, -0.15) is 0 Å². The van der Waals surface area contributed by atoms with Crippen LogP contribution < -0.4 is 11.1 Å². The summed E-state index contributed by atoms with van der Waals surface area (Å²) in [5, 5.41) is 10.6. The molecular formula is C10H14N2O6. The van der Waals surface area contributed by atoms with Gasteiger partial charge in [-0.05, 0) is 12.8 Å². The molecule has 1 amide bonds. The van der Waals surface area contributed by atoms with Gasteiger partial charge in [0, 0.05) is 12.8 Å². The van der Waals surface area contributed by atoms with Crippen LogP contribution in [0, 0.1) is 0 Å². The third-order valence-electron chi connectivity index (χ3n) is 2.47. The number of carboxylic acids is 1. The maximum Gasteiger partial charge on any atom is 0.330 e. The Labute approximate surface area is 102 Å². The van der Waals surface area contributed by atoms with Crippen LogP contribution in [-0.2, 0) is 23.9 Å². The van der Waals surface area contributed by atoms with E-state index in [-0.39, 0.29) is 12.3 Å². The normalized spacial score (nSPS) is 26.8. The Kier molecular flexibility index (Phi) is 4.78. The lowest BCUT2D eigenvalue weighted by molar-refractivity contribution is -0.164. The number of rotatable bonds is 1. The first-order valence-corrected chi connectivity index (χ1v) is 5.42. The van der Waals surface area contributed by atoms with E-state index in [0.29, 0.717) is 19.3 Å². The molecule has 100 valence electrons. The van der Waals surface area contributed by atoms with Crippen LogP contribution in [0.2, 0.25) is 0 Å². The molecule has 2 aliphatic rings. The smallest absolute Gasteiger partial charge is 0.330 e. The van der Waals surface area contributed by atoms with Gasteiger partial charge in [-0.1, -0.05) is 0 Å². The molecule has 2 saturated heterocycles. The number of carbonyl (C=O) groups excluding carboxylic acids is 3. The molecular weight excluding hydrogens is 244 g/mol. The van der Waals surface area contributed by atoms with Gasteiger partial charge < -0.3 is 20.9 Å². The summed E-state index contributed by atoms with van der Waals surface area (Å²) < 4.78 is 4.20. The number of amides is 1. The van der Waals surface area contributed by atoms with E-state index in [0.717, 1.165) is 0 Å². The molecule has 2 unspecified atom stereocenters. The van der Waals surface area contributed by atoms with E-state index >= 15 is 0 Å². The van der Waals surface area contributed by atoms with Crippen molar-refractivity contribution in [3.63, 3.8) is 0 Å². The van der Waals surface area contributed by atoms with Crippen LogP contribution >= 0.6 is 0 Å². The number of hydrogen-bond donors (Lipinski definition) is 3. The first-order chi connectivity index (χ1) is 8.40. The lowest BCUT2D eigenvalue weighted by atomic mass is 10.1. The summed E-state index contributed by atoms with van der Waals surface area (Å²) in [4.78, 5) is 41.3. The minimum Gasteiger partial charge on any atom is -0.480 e. The summed E-state index contributed by atoms with van der Waals surface area (Å²) in [6.45, 7) is 0. The predicted octanol–water partition coefficient (Wildman–Crippen LogP) is -1.47. The van der Waals surface area contributed by atoms with E-state index in [1.54, 1.807) is 0 Å². The van der Waals surface area contributed by atoms with Gasteiger partial charge in [0.05, 0.1) is 0 Å². The fourth-order valence-corrected chi connectivity index (χ4v) is 1.43. The van der Waals surface area contributed by atoms with Crippen molar-refractivity contribution in [2.75, 3.05) is 0 Å². The maximum absolute atomic E-state index is 10.4. The van der Waals surface area contributed by atoms with Crippen molar-refractivity contribution in [2.24, 2.45) is 5.73 Å². The zero-order valence-corrected chi connectivity index (χ0v) is 9.55. The van der Waals surface area contributed by atoms with E-state index in [1.807, 2.05) is 0 Å². The molecule has 2 rings (SSSR count). The van der Waals surface area contributed by atoms with Crippen molar-refractivity contribution >= 4 is 23.8 Å². The molecule has 0 aromatic carbocycles. The molecule has 4 N–H and O–H groups in total. The van der Waals surface area contributed by atoms with Crippen molar-refractivity contribution in [3.8, 4) is 0 Å². The third-order valence-corrected chi connectivity index (χ3v) is 2.47. The molecule has 0 aliphatic carbocycles. The Morgan fingerprint density at radius 3 is 2.28 bits per heavy atom. The van der Waals surface area contributed by atoms with Crippen molar-refractivity contribution in [1.29, 1.82) is 0 Å². The minimum absolute atomic E-state index is 0.164. The lowest BCUT2D eigenvalue weighted by Crippen LogP contribution is -2.38. The maximum atomic E-state index is 10.4. The van der Waals surface area contributed by atoms with Gasteiger partial charge >= 0.3 is 17.9 Å². The second-order valence-corrected chi connectivity index (χ2v) is 3.94. The van der Waals surface area contributed by atoms with Crippen molar-refractivity contribution in [3.05, 3.63) is 0 Å². The Morgan fingerprint density at radius 1 is 1.28 bits per heavy atom. The molecule has 0 radical (unpaired) electrons. The van der Waals surface area contributed by atoms with Crippen molar-refractivity contribution in [2.45, 2.75) is 37.8 Å². The number of esters is 2. The second-order valence-electron chi connectivity index (χ2n) is 3.94. The highest BCUT2D eigenvalue weighted by atomic mass is 16.6. The molecule has 2 fully saturated rings. The van der Waals surface area contributed by atoms with E-state index < -0.39 is 30.0 Å². The van der Waals surface area contributed by atoms with Crippen LogP contribution in [0.5, 0.6) is 0 Å². The number of ether oxygens (including phenoxy) is 1. The van der Waals surface area contributed by atoms with Gasteiger partial charge in [0.25, 0.3) is 0 Å². The standard InChI is InChI=1S/2C5H7NO3/c6-3-1-2-4(7)9-5(3)8;7-4-2-1-3(6-4)5(8)9/h3H,1-2,6H2;3H,1-2H2,(H,6,7)(H,8,9). The fraction of sp³-hybridized carbons (Fsp3) is 0.600. The molecule has 18 heavy (non-hydrogen) atoms. The molecule has 0 spiro atoms. The number of aliphatic carboxylic acids is 1. The van der Waals surface area contributed by atoms with Gasteiger partial charge in [0.2, 0.25) is 5.91 Å². The van der Waals surface area contributed by atoms with Crippen molar-refractivity contribution in [1.82, 2.24) is 5.32 Å². The highest BCUT2D eigenvalue weighted by molar-refractivity contribution is 5.91. The molecule has 2 heterocycles. The molecule has 0 aromatic heterocycles. The Morgan fingerprint density at radius 2 is 1.94 bits per heavy atom. The zero-order valence-electron chi connectivity index (χ0n) is 9.55. The largest absolute Gasteiger partial charge is 0.480 e. The van der Waals surface area contributed by atoms with Gasteiger partial charge in [-0.15, -0.1) is 0 Å². The number of nitrogens with one attached hydrogen (secondary N) is 1. The van der Waals surface area contributed by atoms with Crippen LogP contribution in [0.3, 0.4) is 0 Å². The molecule has 0 bridgehead atoms. The van der Waals surface area contributed by atoms with Crippen LogP contribution in [-0.4, -0.2) is 41.0 Å². The number of carbonyl (C=O) groups is 4. The summed E-state index contributed by atoms with van der Waals surface area (Å²) in [6.07, 6.45) is 1.44. The summed E-state index contributed by atoms with van der Waals surface area (Å²) in [5.74, 6) is -2.18. The second kappa shape index (κ2) is 6.10. The van der Waals surface area contributed by atoms with Crippen molar-refractivity contribution < 1.29 is 29.0 Å². The average Bonchev–Trinajstić information content (AvgIpc) is 2.72. The Bertz CT molecular complexity index is 381. The zero-order chi connectivity index (χ0) is 13.7. The topological polar surface area (TPSA) is 136 Å². The summed E-state index contributed by atoms with van der Waals surface area (Å²) in [7, 11) is 0. The van der Waals surface area contributed by atoms with Crippen LogP contribution in [0.4, 0.5) is 0 Å². The number of nitrogens with two attached hydrogens (primary N) is 1. The summed E-state index contributed by atoms with van der Waals surface area (Å²) >= 11 is 0. The lowest BCUT2D eigenvalue weighted by Gasteiger charge is -2.14. The van der Waals surface area contributed by atoms with Gasteiger partial charge in [0.15, 0.2) is 0 Å². The number of carboxylic acid groups (broad SMARTS) is 1. The fourth-order valence-electron chi connectivity index (χ4n) is 1.43. The molecule has 0 saturated carbocycles. The highest BCUT2D eigenvalue weighted by Gasteiger charge is 2.26. The number of hydrogen-bond acceptors (Lipinski definition) is 6. The SMILES string of the molecule is NC1CCC(=O)OC1=O.O=C1CCC(C(=O)O)N1. The molecule has 2 atom stereocenters. The van der Waals surface area contributed by atoms with Gasteiger partial charge in [-0.25, -0.2) is 9.59 Å². The highest BCUT2D eigenvalue weighted by Crippen LogP contribution is 2.06. The first kappa shape index (κ1) is 14.1. The summed E-state index contributed by atoms with van der Waals surface area (Å²) in [5.41, 5.74) is 5.21. The molecule has 2 aliphatic heterocycles. The average molecular weight is 258 g/mol. The van der Waals surface area contributed by atoms with Gasteiger partial charge in [-0.3, -0.25) is 9.59 Å². The van der Waals surface area contributed by atoms with E-state index in [1.165, 1.54) is 0 Å². The van der Waals surface area contributed by atoms with E-state index in [4.69, 9.17) is 10.8 Å². The number of cyclic esters (lactones) is 2. The predicted molar refractivity (Wildman–Crippen MR) is 57.1 cm³/mol. The van der Waals surface area contributed by atoms with Crippen LogP contribution in [0.15, 0.2) is 0 Å². The van der Waals surface area contributed by atoms with E-state index in [2.05, 4.69) is 10.1 Å². The Hall–Kier alpha value is -1.96. The first-order valence-electron chi connectivity index (χ1n) is 5.42. The van der Waals surface area contributed by atoms with Gasteiger partial charge in [0.1, 0.15) is 12.1 Å². The van der Waals surface area contributed by atoms with Crippen LogP contribution in [0.1, 0.15) is 25.7 Å². The van der Waals surface area contributed by atoms with E-state index in [9.17, 15) is 19.2 Å². The monoisotopic (exact) mass is 258 g/mol. The minimum atomic E-state index is -0.944. The Balaban J connectivity index is 0.000000180. The quantitative estimate of drug-likeness (QED) is 0.385. The molecule has 8 heteroatoms. The summed E-state index contributed by atoms with van der Waals surface area (Å²) in [6, 6.07) is -1.24.